The Morgan fingerprint density at radius 2 is 1.75 bits per heavy atom. The molecule has 28 heavy (non-hydrogen) atoms. The van der Waals surface area contributed by atoms with Crippen molar-refractivity contribution in [2.75, 3.05) is 6.54 Å². The lowest BCUT2D eigenvalue weighted by Crippen LogP contribution is -2.39. The van der Waals surface area contributed by atoms with Crippen LogP contribution >= 0.6 is 0 Å². The van der Waals surface area contributed by atoms with Gasteiger partial charge in [-0.05, 0) is 54.5 Å². The van der Waals surface area contributed by atoms with Gasteiger partial charge in [-0.2, -0.15) is 0 Å². The van der Waals surface area contributed by atoms with E-state index in [4.69, 9.17) is 0 Å². The summed E-state index contributed by atoms with van der Waals surface area (Å²) in [7, 11) is 0. The summed E-state index contributed by atoms with van der Waals surface area (Å²) in [5.41, 5.74) is 3.32. The van der Waals surface area contributed by atoms with Gasteiger partial charge < -0.3 is 10.0 Å². The van der Waals surface area contributed by atoms with Crippen molar-refractivity contribution >= 4 is 11.9 Å². The maximum atomic E-state index is 13.1. The molecule has 2 fully saturated rings. The predicted octanol–water partition coefficient (Wildman–Crippen LogP) is 4.78. The number of carboxylic acid groups (broad SMARTS) is 1. The van der Waals surface area contributed by atoms with Gasteiger partial charge in [-0.1, -0.05) is 55.7 Å². The second-order valence-electron chi connectivity index (χ2n) is 8.06. The molecule has 2 aromatic rings. The summed E-state index contributed by atoms with van der Waals surface area (Å²) in [6, 6.07) is 15.7. The van der Waals surface area contributed by atoms with E-state index in [1.165, 1.54) is 19.3 Å². The minimum absolute atomic E-state index is 0.0477. The molecule has 0 bridgehead atoms. The van der Waals surface area contributed by atoms with E-state index in [9.17, 15) is 14.7 Å². The Balaban J connectivity index is 1.59. The van der Waals surface area contributed by atoms with Crippen LogP contribution in [0.3, 0.4) is 0 Å². The molecule has 1 aliphatic heterocycles. The molecular formula is C24H27NO3. The predicted molar refractivity (Wildman–Crippen MR) is 109 cm³/mol. The van der Waals surface area contributed by atoms with E-state index in [0.29, 0.717) is 12.5 Å². The number of carboxylic acids is 1. The first-order valence-corrected chi connectivity index (χ1v) is 10.4. The Morgan fingerprint density at radius 1 is 1.00 bits per heavy atom. The van der Waals surface area contributed by atoms with E-state index in [-0.39, 0.29) is 17.4 Å². The van der Waals surface area contributed by atoms with Crippen LogP contribution in [-0.2, 0) is 11.2 Å². The fraction of sp³-hybridized carbons (Fsp3) is 0.417. The first-order chi connectivity index (χ1) is 13.6. The first-order valence-electron chi connectivity index (χ1n) is 10.4. The van der Waals surface area contributed by atoms with Crippen LogP contribution in [0.2, 0.25) is 0 Å². The van der Waals surface area contributed by atoms with Crippen LogP contribution in [0.1, 0.15) is 54.4 Å². The molecule has 0 radical (unpaired) electrons. The SMILES string of the molecule is O=C(O)c1ccc(-c2ccccc2)c(CC2CCN(C3CCCCC3)C2=O)c1. The number of hydrogen-bond donors (Lipinski definition) is 1. The first kappa shape index (κ1) is 18.7. The smallest absolute Gasteiger partial charge is 0.335 e. The quantitative estimate of drug-likeness (QED) is 0.816. The highest BCUT2D eigenvalue weighted by atomic mass is 16.4. The number of nitrogens with zero attached hydrogens (tertiary/aromatic N) is 1. The van der Waals surface area contributed by atoms with Crippen molar-refractivity contribution in [3.63, 3.8) is 0 Å². The molecule has 1 atom stereocenters. The van der Waals surface area contributed by atoms with Gasteiger partial charge >= 0.3 is 5.97 Å². The van der Waals surface area contributed by atoms with Crippen molar-refractivity contribution in [3.05, 3.63) is 59.7 Å². The summed E-state index contributed by atoms with van der Waals surface area (Å²) < 4.78 is 0. The second kappa shape index (κ2) is 8.17. The molecule has 1 amide bonds. The standard InChI is InChI=1S/C24H27NO3/c26-23-18(13-14-25(23)21-9-5-2-6-10-21)15-20-16-19(24(27)28)11-12-22(20)17-7-3-1-4-8-17/h1,3-4,7-8,11-12,16,18,21H,2,5-6,9-10,13-15H2,(H,27,28). The summed E-state index contributed by atoms with van der Waals surface area (Å²) in [6.07, 6.45) is 7.44. The van der Waals surface area contributed by atoms with E-state index >= 15 is 0 Å². The van der Waals surface area contributed by atoms with Crippen molar-refractivity contribution in [1.29, 1.82) is 0 Å². The zero-order chi connectivity index (χ0) is 19.5. The van der Waals surface area contributed by atoms with Crippen LogP contribution in [0.15, 0.2) is 48.5 Å². The number of carbonyl (C=O) groups is 2. The number of hydrogen-bond acceptors (Lipinski definition) is 2. The highest BCUT2D eigenvalue weighted by Gasteiger charge is 2.36. The third kappa shape index (κ3) is 3.82. The number of amides is 1. The molecule has 0 spiro atoms. The number of aromatic carboxylic acids is 1. The van der Waals surface area contributed by atoms with Crippen LogP contribution in [0.4, 0.5) is 0 Å². The lowest BCUT2D eigenvalue weighted by atomic mass is 9.90. The Kier molecular flexibility index (Phi) is 5.47. The normalized spacial score (nSPS) is 20.5. The maximum absolute atomic E-state index is 13.1. The van der Waals surface area contributed by atoms with Crippen molar-refractivity contribution in [2.45, 2.75) is 51.0 Å². The van der Waals surface area contributed by atoms with Crippen molar-refractivity contribution in [3.8, 4) is 11.1 Å². The number of benzene rings is 2. The van der Waals surface area contributed by atoms with Gasteiger partial charge in [-0.3, -0.25) is 4.79 Å². The average molecular weight is 377 g/mol. The molecule has 2 aliphatic rings. The minimum Gasteiger partial charge on any atom is -0.478 e. The van der Waals surface area contributed by atoms with E-state index in [0.717, 1.165) is 42.5 Å². The van der Waals surface area contributed by atoms with Crippen LogP contribution in [0.25, 0.3) is 11.1 Å². The highest BCUT2D eigenvalue weighted by molar-refractivity contribution is 5.89. The topological polar surface area (TPSA) is 57.6 Å². The minimum atomic E-state index is -0.928. The molecule has 0 aromatic heterocycles. The van der Waals surface area contributed by atoms with Gasteiger partial charge in [0.05, 0.1) is 5.56 Å². The van der Waals surface area contributed by atoms with E-state index < -0.39 is 5.97 Å². The molecular weight excluding hydrogens is 350 g/mol. The van der Waals surface area contributed by atoms with Gasteiger partial charge in [-0.25, -0.2) is 4.79 Å². The summed E-state index contributed by atoms with van der Waals surface area (Å²) in [5, 5.41) is 9.42. The monoisotopic (exact) mass is 377 g/mol. The molecule has 1 unspecified atom stereocenters. The molecule has 1 aliphatic carbocycles. The molecule has 4 rings (SSSR count). The highest BCUT2D eigenvalue weighted by Crippen LogP contribution is 2.33. The van der Waals surface area contributed by atoms with Gasteiger partial charge in [0.15, 0.2) is 0 Å². The molecule has 4 heteroatoms. The molecule has 1 N–H and O–H groups in total. The summed E-state index contributed by atoms with van der Waals surface area (Å²) >= 11 is 0. The van der Waals surface area contributed by atoms with Crippen molar-refractivity contribution < 1.29 is 14.7 Å². The van der Waals surface area contributed by atoms with Crippen LogP contribution in [0, 0.1) is 5.92 Å². The lowest BCUT2D eigenvalue weighted by Gasteiger charge is -2.31. The van der Waals surface area contributed by atoms with Gasteiger partial charge in [0.25, 0.3) is 0 Å². The van der Waals surface area contributed by atoms with Crippen LogP contribution in [0.5, 0.6) is 0 Å². The third-order valence-corrected chi connectivity index (χ3v) is 6.27. The molecule has 2 aromatic carbocycles. The summed E-state index contributed by atoms with van der Waals surface area (Å²) in [6.45, 7) is 0.841. The molecule has 1 saturated carbocycles. The average Bonchev–Trinajstić information content (AvgIpc) is 3.09. The number of likely N-dealkylation sites (tertiary alicyclic amines) is 1. The molecule has 146 valence electrons. The number of rotatable bonds is 5. The fourth-order valence-electron chi connectivity index (χ4n) is 4.77. The zero-order valence-corrected chi connectivity index (χ0v) is 16.1. The Bertz CT molecular complexity index is 855. The van der Waals surface area contributed by atoms with E-state index in [1.807, 2.05) is 36.4 Å². The van der Waals surface area contributed by atoms with Crippen molar-refractivity contribution in [2.24, 2.45) is 5.92 Å². The van der Waals surface area contributed by atoms with Gasteiger partial charge in [0.2, 0.25) is 5.91 Å². The van der Waals surface area contributed by atoms with Crippen molar-refractivity contribution in [1.82, 2.24) is 4.90 Å². The Labute approximate surface area is 166 Å². The van der Waals surface area contributed by atoms with Crippen LogP contribution in [-0.4, -0.2) is 34.5 Å². The lowest BCUT2D eigenvalue weighted by molar-refractivity contribution is -0.133. The number of carbonyl (C=O) groups excluding carboxylic acids is 1. The maximum Gasteiger partial charge on any atom is 0.335 e. The summed E-state index contributed by atoms with van der Waals surface area (Å²) in [4.78, 5) is 26.7. The van der Waals surface area contributed by atoms with Gasteiger partial charge in [0.1, 0.15) is 0 Å². The zero-order valence-electron chi connectivity index (χ0n) is 16.1. The fourth-order valence-corrected chi connectivity index (χ4v) is 4.77. The van der Waals surface area contributed by atoms with Gasteiger partial charge in [0, 0.05) is 18.5 Å². The second-order valence-corrected chi connectivity index (χ2v) is 8.06. The van der Waals surface area contributed by atoms with Crippen LogP contribution < -0.4 is 0 Å². The Morgan fingerprint density at radius 3 is 2.46 bits per heavy atom. The van der Waals surface area contributed by atoms with E-state index in [1.54, 1.807) is 12.1 Å². The Hall–Kier alpha value is -2.62. The molecule has 4 nitrogen and oxygen atoms in total. The molecule has 1 saturated heterocycles. The summed E-state index contributed by atoms with van der Waals surface area (Å²) in [5.74, 6) is -0.720. The molecule has 1 heterocycles. The van der Waals surface area contributed by atoms with E-state index in [2.05, 4.69) is 4.90 Å². The largest absolute Gasteiger partial charge is 0.478 e. The van der Waals surface area contributed by atoms with Gasteiger partial charge in [-0.15, -0.1) is 0 Å². The third-order valence-electron chi connectivity index (χ3n) is 6.27.